The van der Waals surface area contributed by atoms with Crippen LogP contribution in [0.1, 0.15) is 17.3 Å². The van der Waals surface area contributed by atoms with E-state index in [1.54, 1.807) is 30.3 Å². The molecule has 0 unspecified atom stereocenters. The molecule has 0 aliphatic rings. The zero-order valence-corrected chi connectivity index (χ0v) is 16.5. The minimum Gasteiger partial charge on any atom is -0.494 e. The minimum absolute atomic E-state index is 0.338. The van der Waals surface area contributed by atoms with Crippen LogP contribution in [0.15, 0.2) is 66.7 Å². The third-order valence-corrected chi connectivity index (χ3v) is 4.22. The maximum absolute atomic E-state index is 12.1. The predicted molar refractivity (Wildman–Crippen MR) is 113 cm³/mol. The van der Waals surface area contributed by atoms with Gasteiger partial charge in [-0.1, -0.05) is 30.3 Å². The van der Waals surface area contributed by atoms with Crippen molar-refractivity contribution in [2.75, 3.05) is 25.1 Å². The summed E-state index contributed by atoms with van der Waals surface area (Å²) in [7, 11) is 0. The molecule has 0 aliphatic heterocycles. The van der Waals surface area contributed by atoms with Gasteiger partial charge in [0.1, 0.15) is 12.3 Å². The number of ether oxygens (including phenoxy) is 2. The van der Waals surface area contributed by atoms with Crippen LogP contribution in [0.25, 0.3) is 10.8 Å². The summed E-state index contributed by atoms with van der Waals surface area (Å²) in [6, 6.07) is 19.8. The van der Waals surface area contributed by atoms with Crippen molar-refractivity contribution in [2.45, 2.75) is 6.92 Å². The van der Waals surface area contributed by atoms with Crippen LogP contribution in [-0.4, -0.2) is 37.5 Å². The normalized spacial score (nSPS) is 10.3. The summed E-state index contributed by atoms with van der Waals surface area (Å²) in [5.74, 6) is -0.930. The first-order valence-electron chi connectivity index (χ1n) is 9.50. The van der Waals surface area contributed by atoms with E-state index in [1.165, 1.54) is 0 Å². The molecule has 0 atom stereocenters. The van der Waals surface area contributed by atoms with Gasteiger partial charge in [0.2, 0.25) is 0 Å². The van der Waals surface area contributed by atoms with E-state index in [1.807, 2.05) is 43.3 Å². The van der Waals surface area contributed by atoms with Crippen molar-refractivity contribution in [1.29, 1.82) is 0 Å². The van der Waals surface area contributed by atoms with Crippen molar-refractivity contribution in [3.05, 3.63) is 72.3 Å². The van der Waals surface area contributed by atoms with Crippen LogP contribution in [0.2, 0.25) is 0 Å². The molecule has 7 heteroatoms. The number of hydrogen-bond donors (Lipinski definition) is 2. The Morgan fingerprint density at radius 3 is 2.37 bits per heavy atom. The number of hydrogen-bond acceptors (Lipinski definition) is 5. The van der Waals surface area contributed by atoms with E-state index in [9.17, 15) is 14.4 Å². The molecule has 0 aromatic heterocycles. The molecule has 0 aliphatic carbocycles. The molecule has 3 aromatic rings. The third-order valence-electron chi connectivity index (χ3n) is 4.22. The van der Waals surface area contributed by atoms with Gasteiger partial charge in [0.05, 0.1) is 6.61 Å². The first kappa shape index (κ1) is 20.9. The summed E-state index contributed by atoms with van der Waals surface area (Å²) >= 11 is 0. The highest BCUT2D eigenvalue weighted by Crippen LogP contribution is 2.18. The second-order valence-corrected chi connectivity index (χ2v) is 6.41. The molecule has 2 N–H and O–H groups in total. The summed E-state index contributed by atoms with van der Waals surface area (Å²) in [5, 5.41) is 7.19. The molecule has 7 nitrogen and oxygen atoms in total. The highest BCUT2D eigenvalue weighted by molar-refractivity contribution is 5.97. The van der Waals surface area contributed by atoms with E-state index in [0.717, 1.165) is 10.8 Å². The second kappa shape index (κ2) is 10.1. The third kappa shape index (κ3) is 5.81. The monoisotopic (exact) mass is 406 g/mol. The molecule has 0 saturated heterocycles. The number of amides is 2. The smallest absolute Gasteiger partial charge is 0.325 e. The summed E-state index contributed by atoms with van der Waals surface area (Å²) in [4.78, 5) is 35.9. The molecular weight excluding hydrogens is 384 g/mol. The summed E-state index contributed by atoms with van der Waals surface area (Å²) < 4.78 is 10.2. The Hall–Kier alpha value is -3.87. The Morgan fingerprint density at radius 2 is 1.63 bits per heavy atom. The second-order valence-electron chi connectivity index (χ2n) is 6.41. The van der Waals surface area contributed by atoms with Crippen LogP contribution in [0.4, 0.5) is 5.69 Å². The van der Waals surface area contributed by atoms with E-state index in [2.05, 4.69) is 10.6 Å². The van der Waals surface area contributed by atoms with Gasteiger partial charge in [-0.05, 0) is 54.1 Å². The maximum Gasteiger partial charge on any atom is 0.325 e. The lowest BCUT2D eigenvalue weighted by Crippen LogP contribution is -2.32. The lowest BCUT2D eigenvalue weighted by atomic mass is 10.1. The Kier molecular flexibility index (Phi) is 7.00. The minimum atomic E-state index is -0.706. The van der Waals surface area contributed by atoms with Gasteiger partial charge in [0.25, 0.3) is 11.8 Å². The van der Waals surface area contributed by atoms with Gasteiger partial charge < -0.3 is 20.1 Å². The Labute approximate surface area is 174 Å². The summed E-state index contributed by atoms with van der Waals surface area (Å²) in [5.41, 5.74) is 0.999. The average molecular weight is 406 g/mol. The van der Waals surface area contributed by atoms with Crippen LogP contribution in [-0.2, 0) is 14.3 Å². The van der Waals surface area contributed by atoms with Crippen LogP contribution in [0.3, 0.4) is 0 Å². The van der Waals surface area contributed by atoms with E-state index in [4.69, 9.17) is 9.47 Å². The number of anilines is 1. The lowest BCUT2D eigenvalue weighted by molar-refractivity contribution is -0.146. The fourth-order valence-corrected chi connectivity index (χ4v) is 2.78. The van der Waals surface area contributed by atoms with Gasteiger partial charge in [0.15, 0.2) is 6.61 Å². The van der Waals surface area contributed by atoms with Gasteiger partial charge in [-0.25, -0.2) is 0 Å². The van der Waals surface area contributed by atoms with Crippen LogP contribution in [0, 0.1) is 0 Å². The molecular formula is C23H22N2O5. The number of benzene rings is 3. The van der Waals surface area contributed by atoms with Crippen LogP contribution < -0.4 is 15.4 Å². The molecule has 3 aromatic carbocycles. The van der Waals surface area contributed by atoms with E-state index >= 15 is 0 Å². The van der Waals surface area contributed by atoms with E-state index < -0.39 is 24.4 Å². The molecule has 2 amide bonds. The Balaban J connectivity index is 1.42. The van der Waals surface area contributed by atoms with Gasteiger partial charge in [-0.15, -0.1) is 0 Å². The number of rotatable bonds is 8. The molecule has 0 saturated carbocycles. The maximum atomic E-state index is 12.1. The first-order valence-corrected chi connectivity index (χ1v) is 9.50. The highest BCUT2D eigenvalue weighted by Gasteiger charge is 2.11. The molecule has 0 spiro atoms. The fourth-order valence-electron chi connectivity index (χ4n) is 2.78. The fraction of sp³-hybridized carbons (Fsp3) is 0.174. The molecule has 3 rings (SSSR count). The molecule has 30 heavy (non-hydrogen) atoms. The molecule has 154 valence electrons. The quantitative estimate of drug-likeness (QED) is 0.561. The van der Waals surface area contributed by atoms with Crippen molar-refractivity contribution >= 4 is 34.2 Å². The summed E-state index contributed by atoms with van der Waals surface area (Å²) in [6.07, 6.45) is 0. The van der Waals surface area contributed by atoms with Crippen molar-refractivity contribution in [3.8, 4) is 5.75 Å². The molecule has 0 bridgehead atoms. The molecule has 0 fully saturated rings. The first-order chi connectivity index (χ1) is 14.5. The number of carbonyl (C=O) groups excluding carboxylic acids is 3. The van der Waals surface area contributed by atoms with E-state index in [0.29, 0.717) is 23.6 Å². The Bertz CT molecular complexity index is 1050. The zero-order chi connectivity index (χ0) is 21.3. The largest absolute Gasteiger partial charge is 0.494 e. The topological polar surface area (TPSA) is 93.7 Å². The standard InChI is InChI=1S/C23H22N2O5/c1-2-29-20-11-8-17(9-12-20)23(28)24-14-22(27)30-15-21(26)25-19-10-7-16-5-3-4-6-18(16)13-19/h3-13H,2,14-15H2,1H3,(H,24,28)(H,25,26). The number of carbonyl (C=O) groups is 3. The van der Waals surface area contributed by atoms with Crippen molar-refractivity contribution in [2.24, 2.45) is 0 Å². The zero-order valence-electron chi connectivity index (χ0n) is 16.5. The lowest BCUT2D eigenvalue weighted by Gasteiger charge is -2.09. The van der Waals surface area contributed by atoms with Gasteiger partial charge in [-0.2, -0.15) is 0 Å². The number of nitrogens with one attached hydrogen (secondary N) is 2. The van der Waals surface area contributed by atoms with Gasteiger partial charge in [-0.3, -0.25) is 14.4 Å². The van der Waals surface area contributed by atoms with Gasteiger partial charge in [0, 0.05) is 11.3 Å². The number of esters is 1. The Morgan fingerprint density at radius 1 is 0.900 bits per heavy atom. The van der Waals surface area contributed by atoms with Crippen LogP contribution in [0.5, 0.6) is 5.75 Å². The SMILES string of the molecule is CCOc1ccc(C(=O)NCC(=O)OCC(=O)Nc2ccc3ccccc3c2)cc1. The molecule has 0 radical (unpaired) electrons. The summed E-state index contributed by atoms with van der Waals surface area (Å²) in [6.45, 7) is 1.63. The van der Waals surface area contributed by atoms with Crippen molar-refractivity contribution < 1.29 is 23.9 Å². The van der Waals surface area contributed by atoms with Gasteiger partial charge >= 0.3 is 5.97 Å². The van der Waals surface area contributed by atoms with Crippen LogP contribution >= 0.6 is 0 Å². The average Bonchev–Trinajstić information content (AvgIpc) is 2.76. The van der Waals surface area contributed by atoms with E-state index in [-0.39, 0.29) is 6.54 Å². The number of fused-ring (bicyclic) bond motifs is 1. The predicted octanol–water partition coefficient (Wildman–Crippen LogP) is 3.15. The highest BCUT2D eigenvalue weighted by atomic mass is 16.5. The van der Waals surface area contributed by atoms with Crippen molar-refractivity contribution in [1.82, 2.24) is 5.32 Å². The van der Waals surface area contributed by atoms with Crippen molar-refractivity contribution in [3.63, 3.8) is 0 Å². The molecule has 0 heterocycles.